The normalized spacial score (nSPS) is 10.3. The van der Waals surface area contributed by atoms with Crippen molar-refractivity contribution in [1.82, 2.24) is 4.90 Å². The molecule has 1 aromatic carbocycles. The molecule has 106 valence electrons. The molecule has 0 spiro atoms. The predicted octanol–water partition coefficient (Wildman–Crippen LogP) is 4.02. The second kappa shape index (κ2) is 8.28. The molecule has 1 amide bonds. The van der Waals surface area contributed by atoms with Gasteiger partial charge in [0.25, 0.3) is 5.91 Å². The summed E-state index contributed by atoms with van der Waals surface area (Å²) in [4.78, 5) is 13.8. The molecule has 3 nitrogen and oxygen atoms in total. The summed E-state index contributed by atoms with van der Waals surface area (Å²) >= 11 is 11.8. The van der Waals surface area contributed by atoms with Crippen LogP contribution in [0.3, 0.4) is 0 Å². The van der Waals surface area contributed by atoms with Crippen LogP contribution in [0.15, 0.2) is 18.2 Å². The molecule has 0 aliphatic rings. The SMILES string of the molecule is CCCN(CCC)C(=O)COc1ccc(Cl)cc1Cl. The van der Waals surface area contributed by atoms with Gasteiger partial charge in [-0.2, -0.15) is 0 Å². The van der Waals surface area contributed by atoms with Crippen molar-refractivity contribution in [3.63, 3.8) is 0 Å². The molecule has 0 heterocycles. The van der Waals surface area contributed by atoms with Crippen molar-refractivity contribution in [2.75, 3.05) is 19.7 Å². The van der Waals surface area contributed by atoms with E-state index in [9.17, 15) is 4.79 Å². The van der Waals surface area contributed by atoms with Crippen LogP contribution in [0.5, 0.6) is 5.75 Å². The van der Waals surface area contributed by atoms with Crippen LogP contribution in [0, 0.1) is 0 Å². The second-order valence-corrected chi connectivity index (χ2v) is 5.09. The minimum Gasteiger partial charge on any atom is -0.482 e. The van der Waals surface area contributed by atoms with Crippen LogP contribution in [0.25, 0.3) is 0 Å². The van der Waals surface area contributed by atoms with E-state index < -0.39 is 0 Å². The molecule has 0 fully saturated rings. The van der Waals surface area contributed by atoms with Crippen LogP contribution < -0.4 is 4.74 Å². The first-order valence-corrected chi connectivity index (χ1v) is 7.19. The van der Waals surface area contributed by atoms with Gasteiger partial charge in [-0.15, -0.1) is 0 Å². The van der Waals surface area contributed by atoms with E-state index in [0.717, 1.165) is 25.9 Å². The zero-order chi connectivity index (χ0) is 14.3. The Morgan fingerprint density at radius 2 is 1.84 bits per heavy atom. The number of halogens is 2. The molecule has 0 radical (unpaired) electrons. The van der Waals surface area contributed by atoms with Crippen molar-refractivity contribution in [3.05, 3.63) is 28.2 Å². The number of nitrogens with zero attached hydrogens (tertiary/aromatic N) is 1. The Kier molecular flexibility index (Phi) is 7.03. The molecule has 0 aliphatic heterocycles. The number of hydrogen-bond acceptors (Lipinski definition) is 2. The fraction of sp³-hybridized carbons (Fsp3) is 0.500. The van der Waals surface area contributed by atoms with E-state index in [4.69, 9.17) is 27.9 Å². The summed E-state index contributed by atoms with van der Waals surface area (Å²) in [6.45, 7) is 5.61. The third-order valence-corrected chi connectivity index (χ3v) is 3.12. The van der Waals surface area contributed by atoms with Gasteiger partial charge in [-0.1, -0.05) is 37.0 Å². The van der Waals surface area contributed by atoms with E-state index in [-0.39, 0.29) is 12.5 Å². The molecule has 1 rings (SSSR count). The lowest BCUT2D eigenvalue weighted by atomic mass is 10.3. The van der Waals surface area contributed by atoms with Crippen molar-refractivity contribution in [1.29, 1.82) is 0 Å². The van der Waals surface area contributed by atoms with Gasteiger partial charge in [0.2, 0.25) is 0 Å². The summed E-state index contributed by atoms with van der Waals surface area (Å²) in [5.41, 5.74) is 0. The summed E-state index contributed by atoms with van der Waals surface area (Å²) in [5.74, 6) is 0.460. The highest BCUT2D eigenvalue weighted by Crippen LogP contribution is 2.27. The van der Waals surface area contributed by atoms with Crippen molar-refractivity contribution < 1.29 is 9.53 Å². The summed E-state index contributed by atoms with van der Waals surface area (Å²) in [6, 6.07) is 4.95. The molecule has 0 bridgehead atoms. The van der Waals surface area contributed by atoms with Crippen molar-refractivity contribution >= 4 is 29.1 Å². The van der Waals surface area contributed by atoms with Crippen LogP contribution in [-0.4, -0.2) is 30.5 Å². The second-order valence-electron chi connectivity index (χ2n) is 4.24. The first kappa shape index (κ1) is 16.1. The number of rotatable bonds is 7. The fourth-order valence-corrected chi connectivity index (χ4v) is 2.19. The molecule has 5 heteroatoms. The van der Waals surface area contributed by atoms with Crippen LogP contribution >= 0.6 is 23.2 Å². The number of carbonyl (C=O) groups is 1. The van der Waals surface area contributed by atoms with Gasteiger partial charge in [0.1, 0.15) is 5.75 Å². The third-order valence-electron chi connectivity index (χ3n) is 2.58. The maximum absolute atomic E-state index is 12.0. The quantitative estimate of drug-likeness (QED) is 0.761. The third kappa shape index (κ3) is 5.29. The standard InChI is InChI=1S/C14H19Cl2NO2/c1-3-7-17(8-4-2)14(18)10-19-13-6-5-11(15)9-12(13)16/h5-6,9H,3-4,7-8,10H2,1-2H3. The summed E-state index contributed by atoms with van der Waals surface area (Å²) in [7, 11) is 0. The zero-order valence-corrected chi connectivity index (χ0v) is 12.8. The molecule has 1 aromatic rings. The minimum atomic E-state index is -0.0188. The molecular weight excluding hydrogens is 285 g/mol. The Bertz CT molecular complexity index is 418. The molecule has 0 unspecified atom stereocenters. The molecule has 0 saturated carbocycles. The van der Waals surface area contributed by atoms with Crippen LogP contribution in [0.4, 0.5) is 0 Å². The molecular formula is C14H19Cl2NO2. The Hall–Kier alpha value is -0.930. The van der Waals surface area contributed by atoms with E-state index in [1.165, 1.54) is 0 Å². The van der Waals surface area contributed by atoms with Crippen molar-refractivity contribution in [2.45, 2.75) is 26.7 Å². The predicted molar refractivity (Wildman–Crippen MR) is 79.1 cm³/mol. The largest absolute Gasteiger partial charge is 0.482 e. The number of ether oxygens (including phenoxy) is 1. The van der Waals surface area contributed by atoms with Gasteiger partial charge < -0.3 is 9.64 Å². The van der Waals surface area contributed by atoms with Gasteiger partial charge in [0.05, 0.1) is 5.02 Å². The molecule has 0 aliphatic carbocycles. The highest BCUT2D eigenvalue weighted by molar-refractivity contribution is 6.35. The maximum Gasteiger partial charge on any atom is 0.260 e. The Morgan fingerprint density at radius 3 is 2.37 bits per heavy atom. The van der Waals surface area contributed by atoms with E-state index in [0.29, 0.717) is 15.8 Å². The Morgan fingerprint density at radius 1 is 1.21 bits per heavy atom. The number of benzene rings is 1. The molecule has 0 aromatic heterocycles. The average molecular weight is 304 g/mol. The zero-order valence-electron chi connectivity index (χ0n) is 11.3. The van der Waals surface area contributed by atoms with Crippen LogP contribution in [0.2, 0.25) is 10.0 Å². The van der Waals surface area contributed by atoms with E-state index in [1.54, 1.807) is 18.2 Å². The van der Waals surface area contributed by atoms with E-state index in [2.05, 4.69) is 0 Å². The Labute approximate surface area is 124 Å². The van der Waals surface area contributed by atoms with Crippen molar-refractivity contribution in [3.8, 4) is 5.75 Å². The van der Waals surface area contributed by atoms with E-state index in [1.807, 2.05) is 18.7 Å². The molecule has 0 saturated heterocycles. The fourth-order valence-electron chi connectivity index (χ4n) is 1.72. The topological polar surface area (TPSA) is 29.5 Å². The molecule has 0 atom stereocenters. The van der Waals surface area contributed by atoms with Gasteiger partial charge in [0, 0.05) is 18.1 Å². The lowest BCUT2D eigenvalue weighted by Gasteiger charge is -2.21. The highest BCUT2D eigenvalue weighted by atomic mass is 35.5. The highest BCUT2D eigenvalue weighted by Gasteiger charge is 2.13. The van der Waals surface area contributed by atoms with Crippen molar-refractivity contribution in [2.24, 2.45) is 0 Å². The lowest BCUT2D eigenvalue weighted by Crippen LogP contribution is -2.36. The summed E-state index contributed by atoms with van der Waals surface area (Å²) < 4.78 is 5.45. The maximum atomic E-state index is 12.0. The van der Waals surface area contributed by atoms with Gasteiger partial charge >= 0.3 is 0 Å². The number of carbonyl (C=O) groups excluding carboxylic acids is 1. The number of hydrogen-bond donors (Lipinski definition) is 0. The smallest absolute Gasteiger partial charge is 0.260 e. The molecule has 19 heavy (non-hydrogen) atoms. The lowest BCUT2D eigenvalue weighted by molar-refractivity contribution is -0.133. The van der Waals surface area contributed by atoms with E-state index >= 15 is 0 Å². The Balaban J connectivity index is 2.56. The minimum absolute atomic E-state index is 0.00134. The van der Waals surface area contributed by atoms with Gasteiger partial charge in [-0.25, -0.2) is 0 Å². The van der Waals surface area contributed by atoms with Crippen LogP contribution in [-0.2, 0) is 4.79 Å². The first-order chi connectivity index (χ1) is 9.08. The van der Waals surface area contributed by atoms with Gasteiger partial charge in [-0.3, -0.25) is 4.79 Å². The average Bonchev–Trinajstić information content (AvgIpc) is 2.37. The number of amides is 1. The first-order valence-electron chi connectivity index (χ1n) is 6.44. The van der Waals surface area contributed by atoms with Crippen LogP contribution in [0.1, 0.15) is 26.7 Å². The summed E-state index contributed by atoms with van der Waals surface area (Å²) in [6.07, 6.45) is 1.88. The van der Waals surface area contributed by atoms with Gasteiger partial charge in [-0.05, 0) is 31.0 Å². The monoisotopic (exact) mass is 303 g/mol. The van der Waals surface area contributed by atoms with Gasteiger partial charge in [0.15, 0.2) is 6.61 Å². The molecule has 0 N–H and O–H groups in total. The summed E-state index contributed by atoms with van der Waals surface area (Å²) in [5, 5.41) is 0.958.